The molecule has 7 aromatic carbocycles. The smallest absolute Gasteiger partial charge is 0.457 e. The van der Waals surface area contributed by atoms with Crippen LogP contribution in [0.4, 0.5) is 22.7 Å². The number of hydrogen-bond acceptors (Lipinski definition) is 4. The van der Waals surface area contributed by atoms with Gasteiger partial charge in [-0.15, -0.1) is 0 Å². The van der Waals surface area contributed by atoms with Gasteiger partial charge in [-0.2, -0.15) is 5.10 Å². The van der Waals surface area contributed by atoms with E-state index in [4.69, 9.17) is 4.74 Å². The lowest BCUT2D eigenvalue weighted by molar-refractivity contribution is 0.482. The van der Waals surface area contributed by atoms with Gasteiger partial charge < -0.3 is 4.74 Å². The van der Waals surface area contributed by atoms with Gasteiger partial charge in [0, 0.05) is 30.6 Å². The molecule has 7 nitrogen and oxygen atoms in total. The molecule has 9 aromatic rings. The molecule has 3 heterocycles. The summed E-state index contributed by atoms with van der Waals surface area (Å²) < 4.78 is 12.7. The second-order valence-electron chi connectivity index (χ2n) is 12.8. The SMILES string of the molecule is C1=[N+](c2cccc(Oc3cccc(-n4ncc5nccnc54)c3)c2)c2ccc3ccccc3c2[N+]=1c1c(-c2ccccc2)cccc1-c1ccccc1. The molecule has 2 aromatic heterocycles. The summed E-state index contributed by atoms with van der Waals surface area (Å²) in [6, 6.07) is 60.4. The fourth-order valence-electron chi connectivity index (χ4n) is 7.16. The van der Waals surface area contributed by atoms with E-state index in [1.54, 1.807) is 23.3 Å². The van der Waals surface area contributed by atoms with Gasteiger partial charge in [0.1, 0.15) is 17.0 Å². The molecule has 0 aliphatic carbocycles. The van der Waals surface area contributed by atoms with Crippen LogP contribution in [0, 0.1) is 0 Å². The van der Waals surface area contributed by atoms with Gasteiger partial charge in [0.25, 0.3) is 5.69 Å². The van der Waals surface area contributed by atoms with Gasteiger partial charge in [-0.05, 0) is 68.1 Å². The molecule has 0 unspecified atom stereocenters. The van der Waals surface area contributed by atoms with Crippen molar-refractivity contribution in [3.05, 3.63) is 182 Å². The van der Waals surface area contributed by atoms with Crippen molar-refractivity contribution in [2.24, 2.45) is 0 Å². The molecule has 7 heteroatoms. The summed E-state index contributed by atoms with van der Waals surface area (Å²) in [6.45, 7) is 0. The first kappa shape index (κ1) is 30.4. The molecule has 0 atom stereocenters. The third kappa shape index (κ3) is 5.36. The predicted molar refractivity (Wildman–Crippen MR) is 212 cm³/mol. The Balaban J connectivity index is 1.14. The zero-order valence-electron chi connectivity index (χ0n) is 28.4. The minimum atomic E-state index is 0.680. The van der Waals surface area contributed by atoms with E-state index in [2.05, 4.69) is 158 Å². The molecular formula is C46H30N6O+2. The standard InChI is InChI=1S/C46H30N6O/c1-3-12-32(13-4-1)39-22-11-23-40(33-14-5-2-6-15-33)44(39)51-31-50(43-25-24-34-16-7-8-21-41(34)45(43)51)35-17-9-19-37(28-35)53-38-20-10-18-36(29-38)52-46-42(30-49-52)47-26-27-48-46/h1-30H/q+2. The van der Waals surface area contributed by atoms with Crippen LogP contribution in [0.25, 0.3) is 49.9 Å². The Hall–Kier alpha value is -7.47. The average molecular weight is 683 g/mol. The maximum Gasteiger partial charge on any atom is 0.503 e. The van der Waals surface area contributed by atoms with Crippen LogP contribution in [0.5, 0.6) is 11.5 Å². The summed E-state index contributed by atoms with van der Waals surface area (Å²) in [5, 5.41) is 6.82. The van der Waals surface area contributed by atoms with E-state index < -0.39 is 0 Å². The summed E-state index contributed by atoms with van der Waals surface area (Å²) in [5.41, 5.74) is 10.8. The molecule has 0 saturated heterocycles. The lowest BCUT2D eigenvalue weighted by atomic mass is 9.95. The Labute approximate surface area is 305 Å². The number of rotatable bonds is 7. The van der Waals surface area contributed by atoms with Crippen LogP contribution in [0.2, 0.25) is 0 Å². The van der Waals surface area contributed by atoms with Gasteiger partial charge >= 0.3 is 11.7 Å². The van der Waals surface area contributed by atoms with Gasteiger partial charge in [-0.3, -0.25) is 0 Å². The van der Waals surface area contributed by atoms with E-state index in [0.29, 0.717) is 17.1 Å². The number of ether oxygens (including phenoxy) is 1. The van der Waals surface area contributed by atoms with Crippen LogP contribution in [-0.2, 0) is 0 Å². The highest BCUT2D eigenvalue weighted by atomic mass is 16.5. The summed E-state index contributed by atoms with van der Waals surface area (Å²) >= 11 is 0. The van der Waals surface area contributed by atoms with E-state index in [9.17, 15) is 0 Å². The summed E-state index contributed by atoms with van der Waals surface area (Å²) in [5.74, 6) is 1.38. The molecular weight excluding hydrogens is 653 g/mol. The quantitative estimate of drug-likeness (QED) is 0.157. The molecule has 0 spiro atoms. The lowest BCUT2D eigenvalue weighted by Gasteiger charge is -2.11. The van der Waals surface area contributed by atoms with Crippen LogP contribution < -0.4 is 13.9 Å². The van der Waals surface area contributed by atoms with E-state index in [-0.39, 0.29) is 0 Å². The summed E-state index contributed by atoms with van der Waals surface area (Å²) in [6.07, 6.45) is 5.05. The number of para-hydroxylation sites is 1. The Morgan fingerprint density at radius 3 is 2.02 bits per heavy atom. The van der Waals surface area contributed by atoms with Gasteiger partial charge in [-0.25, -0.2) is 14.6 Å². The van der Waals surface area contributed by atoms with Crippen LogP contribution in [0.1, 0.15) is 0 Å². The maximum absolute atomic E-state index is 6.51. The Bertz CT molecular complexity index is 2850. The van der Waals surface area contributed by atoms with Gasteiger partial charge in [0.2, 0.25) is 11.4 Å². The number of nitrogens with zero attached hydrogens (tertiary/aromatic N) is 6. The normalized spacial score (nSPS) is 12.1. The zero-order valence-corrected chi connectivity index (χ0v) is 28.4. The number of fused-ring (bicyclic) bond motifs is 4. The fraction of sp³-hybridized carbons (Fsp3) is 0. The first-order valence-electron chi connectivity index (χ1n) is 17.4. The second kappa shape index (κ2) is 12.7. The first-order valence-corrected chi connectivity index (χ1v) is 17.4. The summed E-state index contributed by atoms with van der Waals surface area (Å²) in [7, 11) is 0. The van der Waals surface area contributed by atoms with Crippen molar-refractivity contribution in [1.29, 1.82) is 0 Å². The van der Waals surface area contributed by atoms with Gasteiger partial charge in [0.05, 0.1) is 34.5 Å². The molecule has 0 radical (unpaired) electrons. The summed E-state index contributed by atoms with van der Waals surface area (Å²) in [4.78, 5) is 8.85. The first-order chi connectivity index (χ1) is 26.3. The maximum atomic E-state index is 6.51. The minimum Gasteiger partial charge on any atom is -0.457 e. The molecule has 0 N–H and O–H groups in total. The lowest BCUT2D eigenvalue weighted by Crippen LogP contribution is -2.05. The Morgan fingerprint density at radius 2 is 1.23 bits per heavy atom. The van der Waals surface area contributed by atoms with Gasteiger partial charge in [0.15, 0.2) is 5.65 Å². The fourth-order valence-corrected chi connectivity index (χ4v) is 7.16. The largest absolute Gasteiger partial charge is 0.503 e. The van der Waals surface area contributed by atoms with Crippen molar-refractivity contribution in [2.45, 2.75) is 0 Å². The van der Waals surface area contributed by atoms with Crippen LogP contribution in [0.3, 0.4) is 0 Å². The molecule has 53 heavy (non-hydrogen) atoms. The van der Waals surface area contributed by atoms with Crippen molar-refractivity contribution in [1.82, 2.24) is 28.9 Å². The van der Waals surface area contributed by atoms with Crippen molar-refractivity contribution in [2.75, 3.05) is 0 Å². The molecule has 0 bridgehead atoms. The number of hydrogen-bond donors (Lipinski definition) is 0. The predicted octanol–water partition coefficient (Wildman–Crippen LogP) is 11.0. The number of benzene rings is 7. The molecule has 1 aliphatic heterocycles. The molecule has 248 valence electrons. The van der Waals surface area contributed by atoms with Crippen molar-refractivity contribution >= 4 is 50.7 Å². The highest BCUT2D eigenvalue weighted by molar-refractivity contribution is 6.06. The zero-order chi connectivity index (χ0) is 35.1. The Morgan fingerprint density at radius 1 is 0.547 bits per heavy atom. The topological polar surface area (TPSA) is 58.9 Å². The van der Waals surface area contributed by atoms with Crippen LogP contribution in [0.15, 0.2) is 182 Å². The monoisotopic (exact) mass is 682 g/mol. The molecule has 0 amide bonds. The van der Waals surface area contributed by atoms with E-state index in [1.807, 2.05) is 36.4 Å². The van der Waals surface area contributed by atoms with E-state index in [1.165, 1.54) is 0 Å². The second-order valence-corrected chi connectivity index (χ2v) is 12.8. The van der Waals surface area contributed by atoms with Crippen LogP contribution >= 0.6 is 0 Å². The molecule has 1 aliphatic rings. The average Bonchev–Trinajstić information content (AvgIpc) is 3.84. The van der Waals surface area contributed by atoms with Crippen LogP contribution in [-0.4, -0.2) is 25.8 Å². The Kier molecular flexibility index (Phi) is 7.27. The molecule has 0 saturated carbocycles. The third-order valence-electron chi connectivity index (χ3n) is 9.55. The number of aromatic nitrogens is 4. The molecule has 0 fully saturated rings. The van der Waals surface area contributed by atoms with Crippen molar-refractivity contribution in [3.8, 4) is 39.4 Å². The highest BCUT2D eigenvalue weighted by Gasteiger charge is 2.41. The van der Waals surface area contributed by atoms with Crippen molar-refractivity contribution in [3.63, 3.8) is 0 Å². The highest BCUT2D eigenvalue weighted by Crippen LogP contribution is 2.47. The van der Waals surface area contributed by atoms with Crippen molar-refractivity contribution < 1.29 is 4.74 Å². The van der Waals surface area contributed by atoms with E-state index in [0.717, 1.165) is 67.0 Å². The molecule has 10 rings (SSSR count). The third-order valence-corrected chi connectivity index (χ3v) is 9.55. The minimum absolute atomic E-state index is 0.680. The van der Waals surface area contributed by atoms with E-state index >= 15 is 0 Å². The van der Waals surface area contributed by atoms with Gasteiger partial charge in [-0.1, -0.05) is 97.1 Å².